The predicted octanol–water partition coefficient (Wildman–Crippen LogP) is 5.29. The third-order valence-corrected chi connectivity index (χ3v) is 8.75. The number of hydrogen-bond donors (Lipinski definition) is 1. The minimum atomic E-state index is 0.148. The zero-order valence-electron chi connectivity index (χ0n) is 15.6. The number of nitrogens with zero attached hydrogens (tertiary/aromatic N) is 1. The molecule has 1 aromatic heterocycles. The zero-order chi connectivity index (χ0) is 17.9. The van der Waals surface area contributed by atoms with Crippen LogP contribution in [0, 0.1) is 40.4 Å². The molecule has 1 aromatic rings. The van der Waals surface area contributed by atoms with Gasteiger partial charge in [0.1, 0.15) is 11.1 Å². The lowest BCUT2D eigenvalue weighted by molar-refractivity contribution is -0.124. The van der Waals surface area contributed by atoms with Gasteiger partial charge < -0.3 is 5.32 Å². The maximum Gasteiger partial charge on any atom is 0.225 e. The van der Waals surface area contributed by atoms with Crippen molar-refractivity contribution in [2.24, 2.45) is 29.1 Å². The zero-order valence-corrected chi connectivity index (χ0v) is 16.5. The van der Waals surface area contributed by atoms with Crippen molar-refractivity contribution in [3.63, 3.8) is 0 Å². The fraction of sp³-hybridized carbons (Fsp3) is 0.727. The van der Waals surface area contributed by atoms with Crippen LogP contribution in [0.3, 0.4) is 0 Å². The van der Waals surface area contributed by atoms with E-state index < -0.39 is 0 Å². The van der Waals surface area contributed by atoms with Crippen molar-refractivity contribution in [2.75, 3.05) is 5.32 Å². The number of hydrogen-bond acceptors (Lipinski definition) is 3. The fourth-order valence-electron chi connectivity index (χ4n) is 6.98. The summed E-state index contributed by atoms with van der Waals surface area (Å²) in [6.45, 7) is 2.28. The molecule has 5 aliphatic rings. The number of thiophene rings is 1. The minimum Gasteiger partial charge on any atom is -0.317 e. The molecule has 0 radical (unpaired) electrons. The summed E-state index contributed by atoms with van der Waals surface area (Å²) in [7, 11) is 0. The molecular weight excluding hydrogens is 340 g/mol. The Morgan fingerprint density at radius 3 is 2.50 bits per heavy atom. The summed E-state index contributed by atoms with van der Waals surface area (Å²) >= 11 is 1.66. The molecule has 4 fully saturated rings. The molecule has 6 rings (SSSR count). The Morgan fingerprint density at radius 1 is 1.23 bits per heavy atom. The molecule has 26 heavy (non-hydrogen) atoms. The molecule has 4 bridgehead atoms. The lowest BCUT2D eigenvalue weighted by Gasteiger charge is -2.56. The highest BCUT2D eigenvalue weighted by molar-refractivity contribution is 7.16. The molecule has 0 saturated heterocycles. The van der Waals surface area contributed by atoms with Crippen LogP contribution < -0.4 is 5.32 Å². The summed E-state index contributed by atoms with van der Waals surface area (Å²) in [6, 6.07) is 2.38. The second-order valence-corrected chi connectivity index (χ2v) is 10.9. The molecule has 1 atom stereocenters. The monoisotopic (exact) mass is 368 g/mol. The summed E-state index contributed by atoms with van der Waals surface area (Å²) in [5.74, 6) is 3.45. The molecular formula is C22H28N2OS. The second kappa shape index (κ2) is 6.09. The van der Waals surface area contributed by atoms with Gasteiger partial charge in [0, 0.05) is 11.3 Å². The summed E-state index contributed by atoms with van der Waals surface area (Å²) < 4.78 is 0. The third-order valence-electron chi connectivity index (χ3n) is 7.58. The lowest BCUT2D eigenvalue weighted by atomic mass is 9.49. The van der Waals surface area contributed by atoms with E-state index in [0.29, 0.717) is 12.3 Å². The largest absolute Gasteiger partial charge is 0.317 e. The first-order valence-electron chi connectivity index (χ1n) is 10.4. The Hall–Kier alpha value is -1.34. The molecule has 138 valence electrons. The summed E-state index contributed by atoms with van der Waals surface area (Å²) in [6.07, 6.45) is 11.9. The molecule has 0 aromatic carbocycles. The second-order valence-electron chi connectivity index (χ2n) is 9.81. The van der Waals surface area contributed by atoms with Gasteiger partial charge in [0.15, 0.2) is 0 Å². The number of anilines is 1. The van der Waals surface area contributed by atoms with Gasteiger partial charge in [0.2, 0.25) is 5.91 Å². The molecule has 1 amide bonds. The van der Waals surface area contributed by atoms with E-state index in [-0.39, 0.29) is 11.3 Å². The van der Waals surface area contributed by atoms with Crippen LogP contribution in [-0.2, 0) is 17.6 Å². The van der Waals surface area contributed by atoms with E-state index >= 15 is 0 Å². The number of fused-ring (bicyclic) bond motifs is 1. The van der Waals surface area contributed by atoms with Crippen molar-refractivity contribution < 1.29 is 4.79 Å². The molecule has 0 aliphatic heterocycles. The number of carbonyl (C=O) groups is 1. The summed E-state index contributed by atoms with van der Waals surface area (Å²) in [5.41, 5.74) is 2.22. The Kier molecular flexibility index (Phi) is 3.94. The summed E-state index contributed by atoms with van der Waals surface area (Å²) in [4.78, 5) is 14.3. The summed E-state index contributed by atoms with van der Waals surface area (Å²) in [5, 5.41) is 13.6. The quantitative estimate of drug-likeness (QED) is 0.788. The van der Waals surface area contributed by atoms with Gasteiger partial charge in [-0.1, -0.05) is 6.92 Å². The minimum absolute atomic E-state index is 0.148. The van der Waals surface area contributed by atoms with Crippen LogP contribution in [0.25, 0.3) is 0 Å². The maximum absolute atomic E-state index is 12.9. The van der Waals surface area contributed by atoms with Gasteiger partial charge in [-0.05, 0) is 92.4 Å². The van der Waals surface area contributed by atoms with Crippen molar-refractivity contribution in [1.82, 2.24) is 0 Å². The lowest BCUT2D eigenvalue weighted by Crippen LogP contribution is -2.47. The van der Waals surface area contributed by atoms with E-state index in [1.165, 1.54) is 49.0 Å². The number of amides is 1. The van der Waals surface area contributed by atoms with Gasteiger partial charge in [0.05, 0.1) is 5.56 Å². The first-order chi connectivity index (χ1) is 12.5. The van der Waals surface area contributed by atoms with Gasteiger partial charge in [-0.15, -0.1) is 11.3 Å². The van der Waals surface area contributed by atoms with Crippen molar-refractivity contribution in [2.45, 2.75) is 71.1 Å². The maximum atomic E-state index is 12.9. The first-order valence-corrected chi connectivity index (χ1v) is 11.2. The van der Waals surface area contributed by atoms with Gasteiger partial charge in [0.25, 0.3) is 0 Å². The first kappa shape index (κ1) is 16.8. The van der Waals surface area contributed by atoms with Gasteiger partial charge in [-0.25, -0.2) is 0 Å². The highest BCUT2D eigenvalue weighted by atomic mass is 32.1. The van der Waals surface area contributed by atoms with E-state index in [2.05, 4.69) is 18.3 Å². The molecule has 1 heterocycles. The number of nitriles is 1. The van der Waals surface area contributed by atoms with Gasteiger partial charge in [-0.2, -0.15) is 5.26 Å². The van der Waals surface area contributed by atoms with Crippen LogP contribution >= 0.6 is 11.3 Å². The van der Waals surface area contributed by atoms with Crippen LogP contribution in [0.1, 0.15) is 74.3 Å². The average molecular weight is 369 g/mol. The Bertz CT molecular complexity index is 752. The van der Waals surface area contributed by atoms with Crippen molar-refractivity contribution >= 4 is 22.2 Å². The van der Waals surface area contributed by atoms with Crippen LogP contribution in [0.2, 0.25) is 0 Å². The Labute approximate surface area is 160 Å². The van der Waals surface area contributed by atoms with E-state index in [4.69, 9.17) is 0 Å². The van der Waals surface area contributed by atoms with E-state index in [9.17, 15) is 10.1 Å². The smallest absolute Gasteiger partial charge is 0.225 e. The van der Waals surface area contributed by atoms with E-state index in [1.54, 1.807) is 11.3 Å². The highest BCUT2D eigenvalue weighted by Gasteiger charge is 2.51. The average Bonchev–Trinajstić information content (AvgIpc) is 2.88. The van der Waals surface area contributed by atoms with Crippen molar-refractivity contribution in [1.29, 1.82) is 5.26 Å². The normalized spacial score (nSPS) is 37.2. The molecule has 0 spiro atoms. The number of nitrogens with one attached hydrogen (secondary N) is 1. The Morgan fingerprint density at radius 2 is 1.88 bits per heavy atom. The molecule has 1 N–H and O–H groups in total. The van der Waals surface area contributed by atoms with E-state index in [0.717, 1.165) is 47.6 Å². The third kappa shape index (κ3) is 2.80. The molecule has 3 nitrogen and oxygen atoms in total. The van der Waals surface area contributed by atoms with Crippen molar-refractivity contribution in [3.8, 4) is 6.07 Å². The van der Waals surface area contributed by atoms with Gasteiger partial charge >= 0.3 is 0 Å². The predicted molar refractivity (Wildman–Crippen MR) is 104 cm³/mol. The van der Waals surface area contributed by atoms with Crippen LogP contribution in [0.15, 0.2) is 0 Å². The van der Waals surface area contributed by atoms with Gasteiger partial charge in [-0.3, -0.25) is 4.79 Å². The van der Waals surface area contributed by atoms with Crippen LogP contribution in [0.5, 0.6) is 0 Å². The van der Waals surface area contributed by atoms with Crippen molar-refractivity contribution in [3.05, 3.63) is 16.0 Å². The molecule has 4 heteroatoms. The fourth-order valence-corrected chi connectivity index (χ4v) is 8.35. The molecule has 0 unspecified atom stereocenters. The van der Waals surface area contributed by atoms with Crippen LogP contribution in [-0.4, -0.2) is 5.91 Å². The number of rotatable bonds is 3. The SMILES string of the molecule is C[C@@H]1CCc2c(sc(NC(=O)CC34CC5CC(CC(C5)C3)C4)c2C#N)C1. The molecule has 5 aliphatic carbocycles. The van der Waals surface area contributed by atoms with E-state index in [1.807, 2.05) is 0 Å². The standard InChI is InChI=1S/C22H28N2OS/c1-13-2-3-17-18(12-23)21(26-19(17)4-13)24-20(25)11-22-8-14-5-15(9-22)7-16(6-14)10-22/h13-16H,2-11H2,1H3,(H,24,25)/t13-,14?,15?,16?,22?/m1/s1. The highest BCUT2D eigenvalue weighted by Crippen LogP contribution is 2.61. The topological polar surface area (TPSA) is 52.9 Å². The number of carbonyl (C=O) groups excluding carboxylic acids is 1. The molecule has 4 saturated carbocycles. The Balaban J connectivity index is 1.33. The van der Waals surface area contributed by atoms with Crippen LogP contribution in [0.4, 0.5) is 5.00 Å².